The highest BCUT2D eigenvalue weighted by atomic mass is 32.2. The van der Waals surface area contributed by atoms with E-state index in [0.29, 0.717) is 10.7 Å². The van der Waals surface area contributed by atoms with Crippen molar-refractivity contribution in [3.63, 3.8) is 0 Å². The normalized spacial score (nSPS) is 11.4. The van der Waals surface area contributed by atoms with Gasteiger partial charge in [-0.3, -0.25) is 4.79 Å². The van der Waals surface area contributed by atoms with Crippen LogP contribution in [0.1, 0.15) is 47.4 Å². The van der Waals surface area contributed by atoms with Crippen molar-refractivity contribution >= 4 is 23.6 Å². The molecule has 1 atom stereocenters. The minimum atomic E-state index is -0.504. The molecule has 0 aliphatic rings. The smallest absolute Gasteiger partial charge is 0.340 e. The van der Waals surface area contributed by atoms with Crippen LogP contribution in [0.4, 0.5) is 0 Å². The lowest BCUT2D eigenvalue weighted by Crippen LogP contribution is -2.34. The minimum Gasteiger partial charge on any atom is -0.462 e. The fraction of sp³-hybridized carbons (Fsp3) is 0.364. The van der Waals surface area contributed by atoms with Gasteiger partial charge in [0.25, 0.3) is 0 Å². The van der Waals surface area contributed by atoms with Gasteiger partial charge in [0, 0.05) is 6.04 Å². The predicted molar refractivity (Wildman–Crippen MR) is 113 cm³/mol. The Bertz CT molecular complexity index is 894. The Labute approximate surface area is 175 Å². The van der Waals surface area contributed by atoms with Gasteiger partial charge in [0.05, 0.1) is 29.2 Å². The molecule has 7 heteroatoms. The lowest BCUT2D eigenvalue weighted by atomic mass is 10.1. The van der Waals surface area contributed by atoms with E-state index in [4.69, 9.17) is 4.74 Å². The number of aryl methyl sites for hydroxylation is 2. The zero-order chi connectivity index (χ0) is 21.2. The lowest BCUT2D eigenvalue weighted by molar-refractivity contribution is -0.119. The number of carbonyl (C=O) groups is 2. The van der Waals surface area contributed by atoms with Crippen LogP contribution >= 0.6 is 11.8 Å². The molecular formula is C22H25N3O3S. The van der Waals surface area contributed by atoms with E-state index in [2.05, 4.69) is 22.4 Å². The average Bonchev–Trinajstić information content (AvgIpc) is 2.71. The summed E-state index contributed by atoms with van der Waals surface area (Å²) in [6, 6.07) is 13.7. The van der Waals surface area contributed by atoms with Gasteiger partial charge in [0.1, 0.15) is 11.1 Å². The molecule has 0 unspecified atom stereocenters. The molecule has 0 saturated heterocycles. The molecule has 0 bridgehead atoms. The Balaban J connectivity index is 1.91. The van der Waals surface area contributed by atoms with Gasteiger partial charge in [-0.1, -0.05) is 42.1 Å². The van der Waals surface area contributed by atoms with E-state index in [1.54, 1.807) is 13.8 Å². The van der Waals surface area contributed by atoms with E-state index in [0.717, 1.165) is 12.8 Å². The van der Waals surface area contributed by atoms with Gasteiger partial charge >= 0.3 is 5.97 Å². The summed E-state index contributed by atoms with van der Waals surface area (Å²) in [4.78, 5) is 28.6. The summed E-state index contributed by atoms with van der Waals surface area (Å²) in [6.07, 6.45) is 1.74. The second-order valence-corrected chi connectivity index (χ2v) is 7.55. The summed E-state index contributed by atoms with van der Waals surface area (Å²) in [6.45, 7) is 5.63. The number of hydrogen-bond donors (Lipinski definition) is 1. The summed E-state index contributed by atoms with van der Waals surface area (Å²) in [5.74, 6) is -0.473. The molecule has 29 heavy (non-hydrogen) atoms. The standard InChI is InChI=1S/C22H25N3O3S/c1-4-28-22(27)19-12-18(13-23)21(25-16(19)3)29-14-20(26)24-15(2)10-11-17-8-6-5-7-9-17/h5-9,12,15H,4,10-11,14H2,1-3H3,(H,24,26)/t15-/m0/s1. The van der Waals surface area contributed by atoms with E-state index in [1.165, 1.54) is 23.4 Å². The van der Waals surface area contributed by atoms with Crippen LogP contribution < -0.4 is 5.32 Å². The number of pyridine rings is 1. The Morgan fingerprint density at radius 3 is 2.69 bits per heavy atom. The zero-order valence-electron chi connectivity index (χ0n) is 16.9. The van der Waals surface area contributed by atoms with Crippen molar-refractivity contribution in [2.45, 2.75) is 44.7 Å². The van der Waals surface area contributed by atoms with Gasteiger partial charge in [0.2, 0.25) is 5.91 Å². The molecule has 152 valence electrons. The first-order chi connectivity index (χ1) is 13.9. The Hall–Kier alpha value is -2.85. The molecular weight excluding hydrogens is 386 g/mol. The number of nitriles is 1. The maximum atomic E-state index is 12.3. The van der Waals surface area contributed by atoms with Crippen LogP contribution in [0.2, 0.25) is 0 Å². The molecule has 1 heterocycles. The van der Waals surface area contributed by atoms with Gasteiger partial charge in [-0.2, -0.15) is 5.26 Å². The van der Waals surface area contributed by atoms with Crippen molar-refractivity contribution in [1.82, 2.24) is 10.3 Å². The molecule has 6 nitrogen and oxygen atoms in total. The molecule has 0 radical (unpaired) electrons. The third-order valence-electron chi connectivity index (χ3n) is 4.25. The molecule has 0 saturated carbocycles. The van der Waals surface area contributed by atoms with Crippen molar-refractivity contribution in [2.24, 2.45) is 0 Å². The van der Waals surface area contributed by atoms with Crippen LogP contribution in [0, 0.1) is 18.3 Å². The maximum absolute atomic E-state index is 12.3. The van der Waals surface area contributed by atoms with Crippen LogP contribution in [0.3, 0.4) is 0 Å². The number of nitrogens with one attached hydrogen (secondary N) is 1. The molecule has 0 aliphatic heterocycles. The van der Waals surface area contributed by atoms with Crippen LogP contribution in [0.5, 0.6) is 0 Å². The number of thioether (sulfide) groups is 1. The molecule has 0 aliphatic carbocycles. The first kappa shape index (κ1) is 22.4. The van der Waals surface area contributed by atoms with Crippen LogP contribution in [0.15, 0.2) is 41.4 Å². The summed E-state index contributed by atoms with van der Waals surface area (Å²) in [5, 5.41) is 12.8. The molecule has 0 fully saturated rings. The summed E-state index contributed by atoms with van der Waals surface area (Å²) in [5.41, 5.74) is 2.24. The summed E-state index contributed by atoms with van der Waals surface area (Å²) in [7, 11) is 0. The first-order valence-corrected chi connectivity index (χ1v) is 10.5. The van der Waals surface area contributed by atoms with Gasteiger partial charge in [-0.25, -0.2) is 9.78 Å². The zero-order valence-corrected chi connectivity index (χ0v) is 17.7. The Morgan fingerprint density at radius 2 is 2.03 bits per heavy atom. The second kappa shape index (κ2) is 11.2. The van der Waals surface area contributed by atoms with E-state index >= 15 is 0 Å². The number of ether oxygens (including phenoxy) is 1. The van der Waals surface area contributed by atoms with Gasteiger partial charge in [-0.15, -0.1) is 0 Å². The van der Waals surface area contributed by atoms with Gasteiger partial charge < -0.3 is 10.1 Å². The van der Waals surface area contributed by atoms with E-state index in [9.17, 15) is 14.9 Å². The van der Waals surface area contributed by atoms with Crippen molar-refractivity contribution in [3.8, 4) is 6.07 Å². The van der Waals surface area contributed by atoms with Crippen LogP contribution in [-0.4, -0.2) is 35.3 Å². The topological polar surface area (TPSA) is 92.1 Å². The highest BCUT2D eigenvalue weighted by molar-refractivity contribution is 8.00. The number of esters is 1. The fourth-order valence-corrected chi connectivity index (χ4v) is 3.55. The van der Waals surface area contributed by atoms with Gasteiger partial charge in [-0.05, 0) is 45.2 Å². The minimum absolute atomic E-state index is 0.0413. The number of aromatic nitrogens is 1. The number of nitrogens with zero attached hydrogens (tertiary/aromatic N) is 2. The van der Waals surface area contributed by atoms with Crippen molar-refractivity contribution in [3.05, 3.63) is 58.8 Å². The fourth-order valence-electron chi connectivity index (χ4n) is 2.74. The molecule has 1 amide bonds. The van der Waals surface area contributed by atoms with E-state index in [-0.39, 0.29) is 35.4 Å². The number of benzene rings is 1. The molecule has 1 aromatic carbocycles. The SMILES string of the molecule is CCOC(=O)c1cc(C#N)c(SCC(=O)N[C@@H](C)CCc2ccccc2)nc1C. The number of amides is 1. The van der Waals surface area contributed by atoms with Gasteiger partial charge in [0.15, 0.2) is 0 Å². The lowest BCUT2D eigenvalue weighted by Gasteiger charge is -2.14. The third-order valence-corrected chi connectivity index (χ3v) is 5.24. The maximum Gasteiger partial charge on any atom is 0.340 e. The quantitative estimate of drug-likeness (QED) is 0.500. The number of rotatable bonds is 9. The second-order valence-electron chi connectivity index (χ2n) is 6.59. The van der Waals surface area contributed by atoms with E-state index in [1.807, 2.05) is 31.2 Å². The third kappa shape index (κ3) is 6.91. The molecule has 1 N–H and O–H groups in total. The Kier molecular flexibility index (Phi) is 8.68. The van der Waals surface area contributed by atoms with Crippen LogP contribution in [-0.2, 0) is 16.0 Å². The largest absolute Gasteiger partial charge is 0.462 e. The molecule has 1 aromatic heterocycles. The average molecular weight is 412 g/mol. The van der Waals surface area contributed by atoms with Crippen molar-refractivity contribution in [1.29, 1.82) is 5.26 Å². The summed E-state index contributed by atoms with van der Waals surface area (Å²) >= 11 is 1.19. The van der Waals surface area contributed by atoms with E-state index < -0.39 is 5.97 Å². The highest BCUT2D eigenvalue weighted by Crippen LogP contribution is 2.23. The molecule has 2 aromatic rings. The predicted octanol–water partition coefficient (Wildman–Crippen LogP) is 3.67. The molecule has 0 spiro atoms. The Morgan fingerprint density at radius 1 is 1.31 bits per heavy atom. The summed E-state index contributed by atoms with van der Waals surface area (Å²) < 4.78 is 4.99. The van der Waals surface area contributed by atoms with Crippen molar-refractivity contribution in [2.75, 3.05) is 12.4 Å². The van der Waals surface area contributed by atoms with Crippen molar-refractivity contribution < 1.29 is 14.3 Å². The first-order valence-electron chi connectivity index (χ1n) is 9.49. The van der Waals surface area contributed by atoms with Crippen LogP contribution in [0.25, 0.3) is 0 Å². The highest BCUT2D eigenvalue weighted by Gasteiger charge is 2.17. The monoisotopic (exact) mass is 411 g/mol. The molecule has 2 rings (SSSR count). The number of hydrogen-bond acceptors (Lipinski definition) is 6. The number of carbonyl (C=O) groups excluding carboxylic acids is 2.